The van der Waals surface area contributed by atoms with Crippen LogP contribution in [0.4, 0.5) is 22.0 Å². The second-order valence-corrected chi connectivity index (χ2v) is 8.41. The number of ether oxygens (including phenoxy) is 2. The average molecular weight is 520 g/mol. The third-order valence-electron chi connectivity index (χ3n) is 5.89. The van der Waals surface area contributed by atoms with Crippen LogP contribution in [-0.4, -0.2) is 63.3 Å². The van der Waals surface area contributed by atoms with Gasteiger partial charge >= 0.3 is 12.1 Å². The Hall–Kier alpha value is -4.29. The minimum absolute atomic E-state index is 0.212. The van der Waals surface area contributed by atoms with E-state index in [1.54, 1.807) is 24.4 Å². The Kier molecular flexibility index (Phi) is 5.92. The Bertz CT molecular complexity index is 1500. The molecule has 0 saturated carbocycles. The number of aromatic amines is 1. The Labute approximate surface area is 205 Å². The third-order valence-corrected chi connectivity index (χ3v) is 5.89. The van der Waals surface area contributed by atoms with Crippen LogP contribution in [0.15, 0.2) is 54.7 Å². The van der Waals surface area contributed by atoms with Crippen LogP contribution >= 0.6 is 0 Å². The fraction of sp³-hybridized carbons (Fsp3) is 0.250. The zero-order chi connectivity index (χ0) is 26.4. The highest BCUT2D eigenvalue weighted by Gasteiger charge is 2.48. The van der Waals surface area contributed by atoms with E-state index >= 15 is 0 Å². The predicted octanol–water partition coefficient (Wildman–Crippen LogP) is 4.51. The lowest BCUT2D eigenvalue weighted by Gasteiger charge is -2.38. The van der Waals surface area contributed by atoms with Gasteiger partial charge < -0.3 is 14.4 Å². The fourth-order valence-electron chi connectivity index (χ4n) is 3.96. The van der Waals surface area contributed by atoms with E-state index in [0.29, 0.717) is 10.9 Å². The summed E-state index contributed by atoms with van der Waals surface area (Å²) in [4.78, 5) is 29.7. The number of hydrogen-bond donors (Lipinski definition) is 1. The van der Waals surface area contributed by atoms with Crippen molar-refractivity contribution in [1.82, 2.24) is 20.1 Å². The number of carbonyl (C=O) groups is 2. The molecule has 1 amide bonds. The largest absolute Gasteiger partial charge is 0.491 e. The number of hydrogen-bond acceptors (Lipinski definition) is 6. The lowest BCUT2D eigenvalue weighted by Crippen LogP contribution is -2.55. The average Bonchev–Trinajstić information content (AvgIpc) is 3.32. The topological polar surface area (TPSA) is 97.4 Å². The van der Waals surface area contributed by atoms with E-state index in [1.807, 2.05) is 0 Å². The first kappa shape index (κ1) is 24.4. The molecule has 0 spiro atoms. The van der Waals surface area contributed by atoms with Gasteiger partial charge in [0.15, 0.2) is 11.9 Å². The smallest absolute Gasteiger partial charge is 0.463 e. The monoisotopic (exact) mass is 520 g/mol. The number of benzene rings is 2. The molecule has 0 radical (unpaired) electrons. The van der Waals surface area contributed by atoms with Crippen LogP contribution in [0.5, 0.6) is 11.6 Å². The van der Waals surface area contributed by atoms with Gasteiger partial charge in [-0.2, -0.15) is 18.3 Å². The van der Waals surface area contributed by atoms with E-state index in [1.165, 1.54) is 24.3 Å². The molecule has 1 atom stereocenters. The molecule has 8 nitrogen and oxygen atoms in total. The molecule has 2 aromatic carbocycles. The number of esters is 1. The van der Waals surface area contributed by atoms with E-state index in [-0.39, 0.29) is 17.6 Å². The van der Waals surface area contributed by atoms with Crippen LogP contribution in [0.25, 0.3) is 21.8 Å². The van der Waals surface area contributed by atoms with Crippen LogP contribution in [0.3, 0.4) is 0 Å². The maximum Gasteiger partial charge on any atom is 0.491 e. The highest BCUT2D eigenvalue weighted by Crippen LogP contribution is 2.37. The number of aromatic nitrogens is 3. The maximum absolute atomic E-state index is 14.9. The zero-order valence-corrected chi connectivity index (χ0v) is 18.8. The minimum Gasteiger partial charge on any atom is -0.463 e. The SMILES string of the molecule is O=C(c1ccc2cn[nH]c2c1)N1CCC(F)(F)[C@@H](Oc2nc3ccccc3cc2OC(=O)C(F)(F)F)C1. The first-order valence-corrected chi connectivity index (χ1v) is 11.0. The molecule has 1 saturated heterocycles. The van der Waals surface area contributed by atoms with Gasteiger partial charge in [0.25, 0.3) is 17.7 Å². The van der Waals surface area contributed by atoms with Gasteiger partial charge in [0.1, 0.15) is 0 Å². The Morgan fingerprint density at radius 2 is 1.86 bits per heavy atom. The van der Waals surface area contributed by atoms with Crippen molar-refractivity contribution in [1.29, 1.82) is 0 Å². The zero-order valence-electron chi connectivity index (χ0n) is 18.8. The first-order chi connectivity index (χ1) is 17.5. The number of nitrogens with zero attached hydrogens (tertiary/aromatic N) is 3. The number of para-hydroxylation sites is 1. The number of halogens is 5. The molecule has 1 aliphatic rings. The molecule has 5 rings (SSSR count). The Morgan fingerprint density at radius 3 is 2.65 bits per heavy atom. The van der Waals surface area contributed by atoms with Crippen LogP contribution in [-0.2, 0) is 4.79 Å². The molecule has 1 aliphatic heterocycles. The van der Waals surface area contributed by atoms with Crippen LogP contribution in [0.2, 0.25) is 0 Å². The number of pyridine rings is 1. The number of rotatable bonds is 4. The summed E-state index contributed by atoms with van der Waals surface area (Å²) in [5.74, 6) is -8.06. The summed E-state index contributed by atoms with van der Waals surface area (Å²) >= 11 is 0. The molecule has 0 bridgehead atoms. The lowest BCUT2D eigenvalue weighted by atomic mass is 10.0. The van der Waals surface area contributed by atoms with Gasteiger partial charge in [-0.15, -0.1) is 0 Å². The number of H-pyrrole nitrogens is 1. The van der Waals surface area contributed by atoms with Crippen molar-refractivity contribution >= 4 is 33.7 Å². The number of piperidine rings is 1. The van der Waals surface area contributed by atoms with Crippen LogP contribution in [0, 0.1) is 0 Å². The van der Waals surface area contributed by atoms with Gasteiger partial charge in [0, 0.05) is 29.3 Å². The summed E-state index contributed by atoms with van der Waals surface area (Å²) in [5.41, 5.74) is 1.02. The van der Waals surface area contributed by atoms with Gasteiger partial charge in [0.05, 0.1) is 23.8 Å². The molecular formula is C24H17F5N4O4. The standard InChI is InChI=1S/C24H17F5N4O4/c25-23(26)7-8-33(21(34)14-5-6-15-11-30-32-17(15)9-14)12-19(23)37-20-18(36-22(35)24(27,28)29)10-13-3-1-2-4-16(13)31-20/h1-6,9-11,19H,7-8,12H2,(H,30,32)/t19-/m0/s1. The third kappa shape index (κ3) is 4.88. The van der Waals surface area contributed by atoms with Crippen LogP contribution < -0.4 is 9.47 Å². The van der Waals surface area contributed by atoms with Crippen molar-refractivity contribution in [2.24, 2.45) is 0 Å². The number of likely N-dealkylation sites (tertiary alicyclic amines) is 1. The molecule has 0 aliphatic carbocycles. The van der Waals surface area contributed by atoms with Crippen molar-refractivity contribution in [3.05, 3.63) is 60.3 Å². The summed E-state index contributed by atoms with van der Waals surface area (Å²) in [5, 5.41) is 7.65. The van der Waals surface area contributed by atoms with Gasteiger partial charge in [0.2, 0.25) is 0 Å². The van der Waals surface area contributed by atoms with Gasteiger partial charge in [-0.05, 0) is 24.3 Å². The number of nitrogens with one attached hydrogen (secondary N) is 1. The summed E-state index contributed by atoms with van der Waals surface area (Å²) in [7, 11) is 0. The van der Waals surface area contributed by atoms with E-state index < -0.39 is 54.7 Å². The molecule has 1 fully saturated rings. The van der Waals surface area contributed by atoms with E-state index in [4.69, 9.17) is 4.74 Å². The molecule has 37 heavy (non-hydrogen) atoms. The molecule has 1 N–H and O–H groups in total. The number of fused-ring (bicyclic) bond motifs is 2. The lowest BCUT2D eigenvalue weighted by molar-refractivity contribution is -0.190. The van der Waals surface area contributed by atoms with Crippen molar-refractivity contribution in [3.63, 3.8) is 0 Å². The van der Waals surface area contributed by atoms with Gasteiger partial charge in [-0.3, -0.25) is 9.89 Å². The maximum atomic E-state index is 14.9. The van der Waals surface area contributed by atoms with E-state index in [2.05, 4.69) is 19.9 Å². The predicted molar refractivity (Wildman–Crippen MR) is 119 cm³/mol. The molecule has 192 valence electrons. The Morgan fingerprint density at radius 1 is 1.08 bits per heavy atom. The summed E-state index contributed by atoms with van der Waals surface area (Å²) in [6, 6.07) is 11.9. The number of amides is 1. The molecule has 3 heterocycles. The van der Waals surface area contributed by atoms with Crippen LogP contribution in [0.1, 0.15) is 16.8 Å². The van der Waals surface area contributed by atoms with E-state index in [9.17, 15) is 31.5 Å². The van der Waals surface area contributed by atoms with Gasteiger partial charge in [-0.25, -0.2) is 18.6 Å². The highest BCUT2D eigenvalue weighted by molar-refractivity contribution is 5.97. The van der Waals surface area contributed by atoms with Crippen molar-refractivity contribution in [2.45, 2.75) is 24.6 Å². The van der Waals surface area contributed by atoms with Crippen molar-refractivity contribution < 1.29 is 41.0 Å². The molecule has 0 unspecified atom stereocenters. The second kappa shape index (κ2) is 8.98. The Balaban J connectivity index is 1.44. The normalized spacial score (nSPS) is 17.6. The highest BCUT2D eigenvalue weighted by atomic mass is 19.4. The molecular weight excluding hydrogens is 503 g/mol. The number of alkyl halides is 5. The fourth-order valence-corrected chi connectivity index (χ4v) is 3.96. The quantitative estimate of drug-likeness (QED) is 0.314. The van der Waals surface area contributed by atoms with Gasteiger partial charge in [-0.1, -0.05) is 24.3 Å². The second-order valence-electron chi connectivity index (χ2n) is 8.41. The summed E-state index contributed by atoms with van der Waals surface area (Å²) in [6.07, 6.45) is -6.51. The first-order valence-electron chi connectivity index (χ1n) is 11.0. The summed E-state index contributed by atoms with van der Waals surface area (Å²) < 4.78 is 78.0. The molecule has 13 heteroatoms. The van der Waals surface area contributed by atoms with Crippen molar-refractivity contribution in [3.8, 4) is 11.6 Å². The molecule has 4 aromatic rings. The minimum atomic E-state index is -5.34. The number of carbonyl (C=O) groups excluding carboxylic acids is 2. The summed E-state index contributed by atoms with van der Waals surface area (Å²) in [6.45, 7) is -0.873. The van der Waals surface area contributed by atoms with E-state index in [0.717, 1.165) is 16.4 Å². The molecule has 2 aromatic heterocycles. The van der Waals surface area contributed by atoms with Crippen molar-refractivity contribution in [2.75, 3.05) is 13.1 Å².